The number of hydrogen-bond donors (Lipinski definition) is 2. The average molecular weight is 474 g/mol. The minimum atomic E-state index is -1.39. The number of amides is 2. The molecular formula is C21H18ClF2N7O2. The number of nitriles is 1. The van der Waals surface area contributed by atoms with Crippen LogP contribution < -0.4 is 11.1 Å². The predicted molar refractivity (Wildman–Crippen MR) is 115 cm³/mol. The molecule has 12 heteroatoms. The molecule has 1 aromatic carbocycles. The Bertz CT molecular complexity index is 1290. The zero-order chi connectivity index (χ0) is 23.7. The molecule has 33 heavy (non-hydrogen) atoms. The normalized spacial score (nSPS) is 17.8. The smallest absolute Gasteiger partial charge is 0.243 e. The summed E-state index contributed by atoms with van der Waals surface area (Å²) in [6.45, 7) is -0.706. The molecule has 3 heterocycles. The molecule has 3 aromatic rings. The van der Waals surface area contributed by atoms with E-state index in [1.807, 2.05) is 6.07 Å². The molecule has 3 N–H and O–H groups in total. The van der Waals surface area contributed by atoms with Gasteiger partial charge in [-0.3, -0.25) is 9.59 Å². The topological polar surface area (TPSA) is 130 Å². The lowest BCUT2D eigenvalue weighted by molar-refractivity contribution is -0.139. The number of fused-ring (bicyclic) bond motifs is 1. The van der Waals surface area contributed by atoms with Crippen molar-refractivity contribution in [1.29, 1.82) is 5.26 Å². The molecule has 2 amide bonds. The molecule has 1 aliphatic heterocycles. The first-order valence-electron chi connectivity index (χ1n) is 9.93. The Morgan fingerprint density at radius 2 is 2.15 bits per heavy atom. The van der Waals surface area contributed by atoms with Gasteiger partial charge in [0.05, 0.1) is 22.5 Å². The third-order valence-corrected chi connectivity index (χ3v) is 5.76. The maximum absolute atomic E-state index is 14.2. The van der Waals surface area contributed by atoms with E-state index in [-0.39, 0.29) is 53.7 Å². The third kappa shape index (κ3) is 4.29. The van der Waals surface area contributed by atoms with Crippen molar-refractivity contribution in [2.75, 3.05) is 12.3 Å². The number of likely N-dealkylation sites (tertiary alicyclic amines) is 1. The molecule has 0 radical (unpaired) electrons. The predicted octanol–water partition coefficient (Wildman–Crippen LogP) is 1.93. The summed E-state index contributed by atoms with van der Waals surface area (Å²) in [4.78, 5) is 34.8. The molecule has 2 atom stereocenters. The minimum absolute atomic E-state index is 0.0802. The van der Waals surface area contributed by atoms with Gasteiger partial charge in [-0.15, -0.1) is 0 Å². The van der Waals surface area contributed by atoms with Crippen molar-refractivity contribution < 1.29 is 18.4 Å². The van der Waals surface area contributed by atoms with Crippen LogP contribution in [0.15, 0.2) is 30.7 Å². The van der Waals surface area contributed by atoms with Gasteiger partial charge < -0.3 is 20.5 Å². The highest BCUT2D eigenvalue weighted by atomic mass is 35.5. The number of aromatic nitrogens is 3. The van der Waals surface area contributed by atoms with Crippen molar-refractivity contribution in [2.24, 2.45) is 0 Å². The van der Waals surface area contributed by atoms with Gasteiger partial charge in [-0.1, -0.05) is 23.7 Å². The first-order chi connectivity index (χ1) is 15.8. The van der Waals surface area contributed by atoms with E-state index in [0.717, 1.165) is 4.90 Å². The fraction of sp³-hybridized carbons (Fsp3) is 0.286. The number of anilines is 1. The van der Waals surface area contributed by atoms with Gasteiger partial charge in [0.25, 0.3) is 0 Å². The first kappa shape index (κ1) is 22.4. The number of hydrogen-bond acceptors (Lipinski definition) is 6. The Morgan fingerprint density at radius 1 is 1.36 bits per heavy atom. The Balaban J connectivity index is 1.51. The van der Waals surface area contributed by atoms with E-state index >= 15 is 0 Å². The molecule has 1 fully saturated rings. The summed E-state index contributed by atoms with van der Waals surface area (Å²) in [5, 5.41) is 12.1. The van der Waals surface area contributed by atoms with Crippen LogP contribution in [0, 0.1) is 17.1 Å². The zero-order valence-electron chi connectivity index (χ0n) is 17.1. The highest BCUT2D eigenvalue weighted by Gasteiger charge is 2.39. The minimum Gasteiger partial charge on any atom is -0.383 e. The van der Waals surface area contributed by atoms with E-state index in [1.165, 1.54) is 29.2 Å². The van der Waals surface area contributed by atoms with Gasteiger partial charge in [0, 0.05) is 24.7 Å². The van der Waals surface area contributed by atoms with Gasteiger partial charge in [-0.05, 0) is 6.07 Å². The van der Waals surface area contributed by atoms with E-state index < -0.39 is 29.8 Å². The van der Waals surface area contributed by atoms with Gasteiger partial charge in [0.15, 0.2) is 0 Å². The Hall–Kier alpha value is -3.78. The number of carbonyl (C=O) groups is 2. The highest BCUT2D eigenvalue weighted by Crippen LogP contribution is 2.25. The number of nitrogens with two attached hydrogens (primary N) is 1. The Kier molecular flexibility index (Phi) is 6.11. The Labute approximate surface area is 191 Å². The number of halogens is 3. The van der Waals surface area contributed by atoms with Gasteiger partial charge in [-0.2, -0.15) is 5.26 Å². The molecule has 170 valence electrons. The molecule has 0 bridgehead atoms. The van der Waals surface area contributed by atoms with Gasteiger partial charge in [0.1, 0.15) is 48.4 Å². The summed E-state index contributed by atoms with van der Waals surface area (Å²) in [6, 6.07) is 5.31. The summed E-state index contributed by atoms with van der Waals surface area (Å²) in [5.41, 5.74) is 6.47. The lowest BCUT2D eigenvalue weighted by atomic mass is 10.1. The molecular weight excluding hydrogens is 456 g/mol. The molecule has 9 nitrogen and oxygen atoms in total. The van der Waals surface area contributed by atoms with E-state index in [2.05, 4.69) is 15.3 Å². The van der Waals surface area contributed by atoms with Crippen LogP contribution in [0.4, 0.5) is 14.6 Å². The Morgan fingerprint density at radius 3 is 2.91 bits per heavy atom. The number of nitrogens with zero attached hydrogens (tertiary/aromatic N) is 5. The van der Waals surface area contributed by atoms with Gasteiger partial charge in [0.2, 0.25) is 11.8 Å². The number of nitrogen functional groups attached to an aromatic ring is 1. The lowest BCUT2D eigenvalue weighted by Crippen LogP contribution is -2.46. The van der Waals surface area contributed by atoms with E-state index in [9.17, 15) is 23.6 Å². The quantitative estimate of drug-likeness (QED) is 0.582. The molecule has 0 unspecified atom stereocenters. The summed E-state index contributed by atoms with van der Waals surface area (Å²) in [6.07, 6.45) is 1.05. The molecule has 4 rings (SSSR count). The fourth-order valence-electron chi connectivity index (χ4n) is 3.88. The summed E-state index contributed by atoms with van der Waals surface area (Å²) in [5.74, 6) is -1.71. The van der Waals surface area contributed by atoms with Crippen molar-refractivity contribution in [3.05, 3.63) is 52.7 Å². The second-order valence-corrected chi connectivity index (χ2v) is 7.97. The summed E-state index contributed by atoms with van der Waals surface area (Å²) >= 11 is 5.75. The number of rotatable bonds is 5. The second-order valence-electron chi connectivity index (χ2n) is 7.57. The van der Waals surface area contributed by atoms with E-state index in [1.54, 1.807) is 6.07 Å². The maximum atomic E-state index is 14.2. The van der Waals surface area contributed by atoms with Crippen LogP contribution in [-0.4, -0.2) is 50.0 Å². The van der Waals surface area contributed by atoms with Gasteiger partial charge in [-0.25, -0.2) is 18.7 Å². The van der Waals surface area contributed by atoms with Crippen LogP contribution >= 0.6 is 11.6 Å². The van der Waals surface area contributed by atoms with Crippen LogP contribution in [-0.2, 0) is 22.7 Å². The zero-order valence-corrected chi connectivity index (χ0v) is 17.9. The molecule has 1 aliphatic rings. The van der Waals surface area contributed by atoms with Crippen LogP contribution in [0.2, 0.25) is 5.02 Å². The highest BCUT2D eigenvalue weighted by molar-refractivity contribution is 6.30. The monoisotopic (exact) mass is 473 g/mol. The third-order valence-electron chi connectivity index (χ3n) is 5.47. The largest absolute Gasteiger partial charge is 0.383 e. The molecule has 0 spiro atoms. The average Bonchev–Trinajstić information content (AvgIpc) is 3.36. The van der Waals surface area contributed by atoms with Crippen molar-refractivity contribution in [2.45, 2.75) is 31.7 Å². The van der Waals surface area contributed by atoms with Gasteiger partial charge >= 0.3 is 0 Å². The molecule has 2 aromatic heterocycles. The molecule has 0 saturated carbocycles. The van der Waals surface area contributed by atoms with Crippen molar-refractivity contribution in [3.8, 4) is 6.07 Å². The van der Waals surface area contributed by atoms with Crippen molar-refractivity contribution in [3.63, 3.8) is 0 Å². The number of carbonyl (C=O) groups excluding carboxylic acids is 2. The SMILES string of the molecule is N#Cc1cn(CC(=O)N2C[C@H](F)C[C@@H]2C(=O)NCc2cccc(Cl)c2F)c2ncnc(N)c12. The van der Waals surface area contributed by atoms with Crippen LogP contribution in [0.5, 0.6) is 0 Å². The standard InChI is InChI=1S/C21H18ClF2N7O2/c22-14-3-1-2-11(18(14)24)6-27-21(33)15-4-13(23)8-31(15)16(32)9-30-7-12(5-25)17-19(26)28-10-29-20(17)30/h1-3,7,10,13,15H,4,6,8-9H2,(H,27,33)(H2,26,28,29)/t13-,15-/m1/s1. The lowest BCUT2D eigenvalue weighted by Gasteiger charge is -2.24. The van der Waals surface area contributed by atoms with Crippen LogP contribution in [0.25, 0.3) is 11.0 Å². The first-order valence-corrected chi connectivity index (χ1v) is 10.3. The number of nitrogens with one attached hydrogen (secondary N) is 1. The van der Waals surface area contributed by atoms with E-state index in [4.69, 9.17) is 17.3 Å². The van der Waals surface area contributed by atoms with Crippen molar-refractivity contribution in [1.82, 2.24) is 24.8 Å². The van der Waals surface area contributed by atoms with Crippen LogP contribution in [0.3, 0.4) is 0 Å². The maximum Gasteiger partial charge on any atom is 0.243 e. The summed E-state index contributed by atoms with van der Waals surface area (Å²) < 4.78 is 29.7. The number of alkyl halides is 1. The van der Waals surface area contributed by atoms with Crippen LogP contribution in [0.1, 0.15) is 17.5 Å². The van der Waals surface area contributed by atoms with Crippen molar-refractivity contribution >= 4 is 40.3 Å². The second kappa shape index (κ2) is 8.99. The molecule has 0 aliphatic carbocycles. The summed E-state index contributed by atoms with van der Waals surface area (Å²) in [7, 11) is 0. The fourth-order valence-corrected chi connectivity index (χ4v) is 4.08. The molecule has 1 saturated heterocycles. The number of benzene rings is 1. The van der Waals surface area contributed by atoms with E-state index in [0.29, 0.717) is 5.39 Å².